The lowest BCUT2D eigenvalue weighted by Gasteiger charge is -2.27. The summed E-state index contributed by atoms with van der Waals surface area (Å²) in [7, 11) is 1.64. The second kappa shape index (κ2) is 6.61. The lowest BCUT2D eigenvalue weighted by Crippen LogP contribution is -2.33. The van der Waals surface area contributed by atoms with E-state index in [0.29, 0.717) is 0 Å². The Morgan fingerprint density at radius 1 is 1.15 bits per heavy atom. The number of benzene rings is 2. The quantitative estimate of drug-likeness (QED) is 0.651. The zero-order valence-corrected chi connectivity index (χ0v) is 11.6. The summed E-state index contributed by atoms with van der Waals surface area (Å²) in [6.07, 6.45) is -0.245. The van der Waals surface area contributed by atoms with E-state index in [4.69, 9.17) is 10.6 Å². The number of halogens is 1. The van der Waals surface area contributed by atoms with Gasteiger partial charge in [0.25, 0.3) is 0 Å². The molecule has 0 amide bonds. The van der Waals surface area contributed by atoms with Crippen molar-refractivity contribution in [3.05, 3.63) is 71.0 Å². The van der Waals surface area contributed by atoms with Gasteiger partial charge in [-0.05, 0) is 35.7 Å². The zero-order valence-electron chi connectivity index (χ0n) is 11.6. The van der Waals surface area contributed by atoms with Gasteiger partial charge in [-0.3, -0.25) is 5.84 Å². The minimum absolute atomic E-state index is 0.245. The molecule has 2 aromatic carbocycles. The molecule has 0 saturated carbocycles. The van der Waals surface area contributed by atoms with Crippen LogP contribution in [-0.2, 0) is 4.74 Å². The number of hydrazine groups is 1. The molecule has 0 aliphatic heterocycles. The predicted molar refractivity (Wildman–Crippen MR) is 77.4 cm³/mol. The van der Waals surface area contributed by atoms with Crippen molar-refractivity contribution in [2.75, 3.05) is 7.11 Å². The van der Waals surface area contributed by atoms with Crippen molar-refractivity contribution in [3.8, 4) is 0 Å². The lowest BCUT2D eigenvalue weighted by atomic mass is 9.93. The molecule has 2 rings (SSSR count). The molecule has 2 aromatic rings. The summed E-state index contributed by atoms with van der Waals surface area (Å²) >= 11 is 0. The average molecular weight is 274 g/mol. The first-order valence-corrected chi connectivity index (χ1v) is 6.47. The van der Waals surface area contributed by atoms with Gasteiger partial charge in [0.2, 0.25) is 0 Å². The van der Waals surface area contributed by atoms with Crippen LogP contribution in [0.4, 0.5) is 4.39 Å². The highest BCUT2D eigenvalue weighted by atomic mass is 19.1. The van der Waals surface area contributed by atoms with Crippen molar-refractivity contribution in [1.29, 1.82) is 0 Å². The van der Waals surface area contributed by atoms with E-state index in [2.05, 4.69) is 5.43 Å². The molecule has 106 valence electrons. The first-order valence-electron chi connectivity index (χ1n) is 6.47. The standard InChI is InChI=1S/C16H19FN2O/c1-11-10-13(17)8-9-14(11)15(19-18)16(20-2)12-6-4-3-5-7-12/h3-10,15-16,19H,18H2,1-2H3. The van der Waals surface area contributed by atoms with E-state index in [1.165, 1.54) is 12.1 Å². The molecule has 0 radical (unpaired) electrons. The van der Waals surface area contributed by atoms with Crippen LogP contribution in [0, 0.1) is 12.7 Å². The Balaban J connectivity index is 2.39. The molecule has 2 unspecified atom stereocenters. The molecule has 2 atom stereocenters. The Labute approximate surface area is 118 Å². The van der Waals surface area contributed by atoms with Crippen LogP contribution in [-0.4, -0.2) is 7.11 Å². The minimum atomic E-state index is -0.254. The third-order valence-corrected chi connectivity index (χ3v) is 3.43. The molecule has 0 aliphatic rings. The molecular weight excluding hydrogens is 255 g/mol. The van der Waals surface area contributed by atoms with Gasteiger partial charge in [0.05, 0.1) is 6.04 Å². The number of nitrogens with two attached hydrogens (primary N) is 1. The molecular formula is C16H19FN2O. The summed E-state index contributed by atoms with van der Waals surface area (Å²) in [5, 5.41) is 0. The molecule has 0 spiro atoms. The molecule has 20 heavy (non-hydrogen) atoms. The number of hydrogen-bond donors (Lipinski definition) is 2. The monoisotopic (exact) mass is 274 g/mol. The second-order valence-electron chi connectivity index (χ2n) is 4.71. The fourth-order valence-corrected chi connectivity index (χ4v) is 2.44. The molecule has 0 aromatic heterocycles. The maximum absolute atomic E-state index is 13.2. The Hall–Kier alpha value is -1.75. The van der Waals surface area contributed by atoms with Gasteiger partial charge in [0.1, 0.15) is 11.9 Å². The van der Waals surface area contributed by atoms with Crippen molar-refractivity contribution in [3.63, 3.8) is 0 Å². The highest BCUT2D eigenvalue weighted by Crippen LogP contribution is 2.32. The lowest BCUT2D eigenvalue weighted by molar-refractivity contribution is 0.0674. The summed E-state index contributed by atoms with van der Waals surface area (Å²) in [5.74, 6) is 5.45. The maximum Gasteiger partial charge on any atom is 0.123 e. The third kappa shape index (κ3) is 3.04. The maximum atomic E-state index is 13.2. The van der Waals surface area contributed by atoms with Crippen molar-refractivity contribution in [1.82, 2.24) is 5.43 Å². The first kappa shape index (κ1) is 14.7. The number of nitrogens with one attached hydrogen (secondary N) is 1. The van der Waals surface area contributed by atoms with E-state index in [9.17, 15) is 4.39 Å². The van der Waals surface area contributed by atoms with Gasteiger partial charge in [-0.2, -0.15) is 0 Å². The summed E-state index contributed by atoms with van der Waals surface area (Å²) in [6.45, 7) is 1.86. The van der Waals surface area contributed by atoms with Crippen LogP contribution >= 0.6 is 0 Å². The Morgan fingerprint density at radius 3 is 2.40 bits per heavy atom. The molecule has 3 N–H and O–H groups in total. The fraction of sp³-hybridized carbons (Fsp3) is 0.250. The minimum Gasteiger partial charge on any atom is -0.375 e. The van der Waals surface area contributed by atoms with Crippen LogP contribution < -0.4 is 11.3 Å². The van der Waals surface area contributed by atoms with E-state index in [-0.39, 0.29) is 18.0 Å². The second-order valence-corrected chi connectivity index (χ2v) is 4.71. The number of methoxy groups -OCH3 is 1. The van der Waals surface area contributed by atoms with Gasteiger partial charge in [-0.1, -0.05) is 36.4 Å². The van der Waals surface area contributed by atoms with Crippen LogP contribution in [0.25, 0.3) is 0 Å². The molecule has 0 bridgehead atoms. The van der Waals surface area contributed by atoms with Crippen molar-refractivity contribution in [2.45, 2.75) is 19.1 Å². The van der Waals surface area contributed by atoms with Gasteiger partial charge >= 0.3 is 0 Å². The predicted octanol–water partition coefficient (Wildman–Crippen LogP) is 3.03. The molecule has 0 aliphatic carbocycles. The highest BCUT2D eigenvalue weighted by molar-refractivity contribution is 5.32. The summed E-state index contributed by atoms with van der Waals surface area (Å²) in [4.78, 5) is 0. The average Bonchev–Trinajstić information content (AvgIpc) is 2.46. The molecule has 0 heterocycles. The summed E-state index contributed by atoms with van der Waals surface area (Å²) in [5.41, 5.74) is 5.56. The van der Waals surface area contributed by atoms with Crippen molar-refractivity contribution in [2.24, 2.45) is 5.84 Å². The van der Waals surface area contributed by atoms with E-state index in [0.717, 1.165) is 16.7 Å². The van der Waals surface area contributed by atoms with E-state index >= 15 is 0 Å². The van der Waals surface area contributed by atoms with Crippen molar-refractivity contribution < 1.29 is 9.13 Å². The summed E-state index contributed by atoms with van der Waals surface area (Å²) < 4.78 is 18.8. The van der Waals surface area contributed by atoms with E-state index < -0.39 is 0 Å². The number of aryl methyl sites for hydroxylation is 1. The van der Waals surface area contributed by atoms with Gasteiger partial charge in [0.15, 0.2) is 0 Å². The zero-order chi connectivity index (χ0) is 14.5. The van der Waals surface area contributed by atoms with E-state index in [1.807, 2.05) is 37.3 Å². The Morgan fingerprint density at radius 2 is 1.85 bits per heavy atom. The number of hydrogen-bond acceptors (Lipinski definition) is 3. The van der Waals surface area contributed by atoms with Crippen molar-refractivity contribution >= 4 is 0 Å². The molecule has 3 nitrogen and oxygen atoms in total. The van der Waals surface area contributed by atoms with Crippen LogP contribution in [0.1, 0.15) is 28.8 Å². The third-order valence-electron chi connectivity index (χ3n) is 3.43. The fourth-order valence-electron chi connectivity index (χ4n) is 2.44. The highest BCUT2D eigenvalue weighted by Gasteiger charge is 2.25. The van der Waals surface area contributed by atoms with Gasteiger partial charge in [-0.15, -0.1) is 0 Å². The normalized spacial score (nSPS) is 14.0. The van der Waals surface area contributed by atoms with Gasteiger partial charge in [-0.25, -0.2) is 9.82 Å². The Bertz CT molecular complexity index is 560. The topological polar surface area (TPSA) is 47.3 Å². The van der Waals surface area contributed by atoms with Crippen LogP contribution in [0.15, 0.2) is 48.5 Å². The van der Waals surface area contributed by atoms with Gasteiger partial charge < -0.3 is 4.74 Å². The summed E-state index contributed by atoms with van der Waals surface area (Å²) in [6, 6.07) is 14.2. The SMILES string of the molecule is COC(c1ccccc1)C(NN)c1ccc(F)cc1C. The van der Waals surface area contributed by atoms with E-state index in [1.54, 1.807) is 13.2 Å². The molecule has 4 heteroatoms. The smallest absolute Gasteiger partial charge is 0.123 e. The van der Waals surface area contributed by atoms with Gasteiger partial charge in [0, 0.05) is 7.11 Å². The van der Waals surface area contributed by atoms with Crippen LogP contribution in [0.3, 0.4) is 0 Å². The first-order chi connectivity index (χ1) is 9.67. The Kier molecular flexibility index (Phi) is 4.84. The largest absolute Gasteiger partial charge is 0.375 e. The van der Waals surface area contributed by atoms with Crippen LogP contribution in [0.5, 0.6) is 0 Å². The molecule has 0 fully saturated rings. The number of rotatable bonds is 5. The molecule has 0 saturated heterocycles. The van der Waals surface area contributed by atoms with Crippen LogP contribution in [0.2, 0.25) is 0 Å². The number of ether oxygens (including phenoxy) is 1.